The van der Waals surface area contributed by atoms with Gasteiger partial charge in [-0.25, -0.2) is 0 Å². The van der Waals surface area contributed by atoms with Crippen LogP contribution < -0.4 is 5.32 Å². The first-order valence-corrected chi connectivity index (χ1v) is 6.26. The normalized spacial score (nSPS) is 19.1. The van der Waals surface area contributed by atoms with E-state index in [9.17, 15) is 9.59 Å². The summed E-state index contributed by atoms with van der Waals surface area (Å²) in [5, 5.41) is 12.0. The standard InChI is InChI=1S/C12H22N2O3/c1-3-6-12(2,11(16)17)13-9-10(15)14-7-4-5-8-14/h13H,3-9H2,1-2H3,(H,16,17). The van der Waals surface area contributed by atoms with Crippen molar-refractivity contribution < 1.29 is 14.7 Å². The van der Waals surface area contributed by atoms with Crippen LogP contribution in [0.5, 0.6) is 0 Å². The summed E-state index contributed by atoms with van der Waals surface area (Å²) in [6.45, 7) is 5.29. The van der Waals surface area contributed by atoms with E-state index >= 15 is 0 Å². The lowest BCUT2D eigenvalue weighted by Crippen LogP contribution is -2.52. The van der Waals surface area contributed by atoms with Crippen LogP contribution in [0.15, 0.2) is 0 Å². The Morgan fingerprint density at radius 3 is 2.41 bits per heavy atom. The molecule has 1 rings (SSSR count). The maximum absolute atomic E-state index is 11.8. The molecule has 0 aromatic heterocycles. The molecular formula is C12H22N2O3. The summed E-state index contributed by atoms with van der Waals surface area (Å²) in [4.78, 5) is 24.7. The van der Waals surface area contributed by atoms with Gasteiger partial charge in [-0.1, -0.05) is 13.3 Å². The van der Waals surface area contributed by atoms with E-state index in [-0.39, 0.29) is 12.5 Å². The number of carboxylic acid groups (broad SMARTS) is 1. The van der Waals surface area contributed by atoms with Gasteiger partial charge in [0.2, 0.25) is 5.91 Å². The molecule has 0 aromatic rings. The molecule has 0 bridgehead atoms. The first kappa shape index (κ1) is 14.0. The van der Waals surface area contributed by atoms with Crippen molar-refractivity contribution in [1.29, 1.82) is 0 Å². The largest absolute Gasteiger partial charge is 0.480 e. The van der Waals surface area contributed by atoms with Crippen LogP contribution in [0.3, 0.4) is 0 Å². The van der Waals surface area contributed by atoms with Crippen LogP contribution >= 0.6 is 0 Å². The van der Waals surface area contributed by atoms with E-state index in [4.69, 9.17) is 5.11 Å². The highest BCUT2D eigenvalue weighted by Crippen LogP contribution is 2.13. The summed E-state index contributed by atoms with van der Waals surface area (Å²) in [7, 11) is 0. The first-order valence-electron chi connectivity index (χ1n) is 6.26. The van der Waals surface area contributed by atoms with Gasteiger partial charge >= 0.3 is 5.97 Å². The van der Waals surface area contributed by atoms with Crippen molar-refractivity contribution in [2.24, 2.45) is 0 Å². The lowest BCUT2D eigenvalue weighted by molar-refractivity contribution is -0.144. The number of carboxylic acids is 1. The van der Waals surface area contributed by atoms with Crippen molar-refractivity contribution in [1.82, 2.24) is 10.2 Å². The van der Waals surface area contributed by atoms with Crippen LogP contribution in [-0.2, 0) is 9.59 Å². The van der Waals surface area contributed by atoms with Gasteiger partial charge in [0, 0.05) is 13.1 Å². The molecule has 0 saturated carbocycles. The molecule has 0 aromatic carbocycles. The average molecular weight is 242 g/mol. The highest BCUT2D eigenvalue weighted by Gasteiger charge is 2.32. The van der Waals surface area contributed by atoms with Gasteiger partial charge in [-0.15, -0.1) is 0 Å². The Bertz CT molecular complexity index is 287. The topological polar surface area (TPSA) is 69.6 Å². The van der Waals surface area contributed by atoms with Crippen molar-refractivity contribution in [2.75, 3.05) is 19.6 Å². The van der Waals surface area contributed by atoms with E-state index in [0.29, 0.717) is 6.42 Å². The van der Waals surface area contributed by atoms with Gasteiger partial charge in [0.25, 0.3) is 0 Å². The molecule has 1 unspecified atom stereocenters. The number of rotatable bonds is 6. The lowest BCUT2D eigenvalue weighted by atomic mass is 9.96. The quantitative estimate of drug-likeness (QED) is 0.724. The Hall–Kier alpha value is -1.10. The van der Waals surface area contributed by atoms with Crippen LogP contribution in [0.25, 0.3) is 0 Å². The van der Waals surface area contributed by atoms with Crippen molar-refractivity contribution in [3.8, 4) is 0 Å². The Balaban J connectivity index is 2.45. The predicted molar refractivity (Wildman–Crippen MR) is 64.8 cm³/mol. The van der Waals surface area contributed by atoms with Crippen LogP contribution in [0.4, 0.5) is 0 Å². The molecule has 1 heterocycles. The highest BCUT2D eigenvalue weighted by molar-refractivity contribution is 5.82. The van der Waals surface area contributed by atoms with Gasteiger partial charge in [0.05, 0.1) is 6.54 Å². The fourth-order valence-electron chi connectivity index (χ4n) is 2.12. The minimum Gasteiger partial charge on any atom is -0.480 e. The smallest absolute Gasteiger partial charge is 0.323 e. The molecule has 2 N–H and O–H groups in total. The van der Waals surface area contributed by atoms with E-state index in [1.807, 2.05) is 6.92 Å². The van der Waals surface area contributed by atoms with Crippen LogP contribution in [-0.4, -0.2) is 47.1 Å². The van der Waals surface area contributed by atoms with Crippen LogP contribution in [0.1, 0.15) is 39.5 Å². The zero-order valence-corrected chi connectivity index (χ0v) is 10.7. The predicted octanol–water partition coefficient (Wildman–Crippen LogP) is 0.842. The number of carbonyl (C=O) groups is 2. The van der Waals surface area contributed by atoms with Gasteiger partial charge < -0.3 is 10.0 Å². The summed E-state index contributed by atoms with van der Waals surface area (Å²) >= 11 is 0. The van der Waals surface area contributed by atoms with Crippen molar-refractivity contribution in [3.63, 3.8) is 0 Å². The molecule has 1 aliphatic rings. The molecule has 0 spiro atoms. The van der Waals surface area contributed by atoms with Crippen LogP contribution in [0, 0.1) is 0 Å². The number of nitrogens with one attached hydrogen (secondary N) is 1. The summed E-state index contributed by atoms with van der Waals surface area (Å²) in [5.74, 6) is -0.889. The third kappa shape index (κ3) is 3.70. The number of amides is 1. The molecule has 17 heavy (non-hydrogen) atoms. The molecule has 1 fully saturated rings. The first-order chi connectivity index (χ1) is 7.99. The molecule has 1 saturated heterocycles. The zero-order valence-electron chi connectivity index (χ0n) is 10.7. The molecule has 1 aliphatic heterocycles. The van der Waals surface area contributed by atoms with E-state index in [1.165, 1.54) is 0 Å². The second-order valence-electron chi connectivity index (χ2n) is 4.83. The molecular weight excluding hydrogens is 220 g/mol. The summed E-state index contributed by atoms with van der Waals surface area (Å²) in [6.07, 6.45) is 3.40. The van der Waals surface area contributed by atoms with Crippen molar-refractivity contribution >= 4 is 11.9 Å². The van der Waals surface area contributed by atoms with Crippen molar-refractivity contribution in [2.45, 2.75) is 45.1 Å². The number of aliphatic carboxylic acids is 1. The number of carbonyl (C=O) groups excluding carboxylic acids is 1. The number of likely N-dealkylation sites (tertiary alicyclic amines) is 1. The minimum atomic E-state index is -0.996. The molecule has 98 valence electrons. The fourth-order valence-corrected chi connectivity index (χ4v) is 2.12. The van der Waals surface area contributed by atoms with E-state index in [0.717, 1.165) is 32.4 Å². The number of hydrogen-bond donors (Lipinski definition) is 2. The zero-order chi connectivity index (χ0) is 12.9. The second-order valence-corrected chi connectivity index (χ2v) is 4.83. The van der Waals surface area contributed by atoms with E-state index in [2.05, 4.69) is 5.32 Å². The maximum Gasteiger partial charge on any atom is 0.323 e. The SMILES string of the molecule is CCCC(C)(NCC(=O)N1CCCC1)C(=O)O. The minimum absolute atomic E-state index is 0.00563. The third-order valence-corrected chi connectivity index (χ3v) is 3.31. The van der Waals surface area contributed by atoms with Crippen LogP contribution in [0.2, 0.25) is 0 Å². The second kappa shape index (κ2) is 6.00. The summed E-state index contributed by atoms with van der Waals surface area (Å²) < 4.78 is 0. The Morgan fingerprint density at radius 2 is 1.94 bits per heavy atom. The maximum atomic E-state index is 11.8. The Kier molecular flexibility index (Phi) is 4.93. The third-order valence-electron chi connectivity index (χ3n) is 3.31. The van der Waals surface area contributed by atoms with Gasteiger partial charge in [-0.05, 0) is 26.2 Å². The number of nitrogens with zero attached hydrogens (tertiary/aromatic N) is 1. The highest BCUT2D eigenvalue weighted by atomic mass is 16.4. The van der Waals surface area contributed by atoms with Gasteiger partial charge in [0.1, 0.15) is 5.54 Å². The Labute approximate surface area is 102 Å². The van der Waals surface area contributed by atoms with Gasteiger partial charge in [-0.3, -0.25) is 14.9 Å². The molecule has 0 aliphatic carbocycles. The summed E-state index contributed by atoms with van der Waals surface area (Å²) in [6, 6.07) is 0. The lowest BCUT2D eigenvalue weighted by Gasteiger charge is -2.26. The van der Waals surface area contributed by atoms with Gasteiger partial charge in [-0.2, -0.15) is 0 Å². The molecule has 1 atom stereocenters. The molecule has 1 amide bonds. The summed E-state index contributed by atoms with van der Waals surface area (Å²) in [5.41, 5.74) is -0.996. The molecule has 5 heteroatoms. The average Bonchev–Trinajstić information content (AvgIpc) is 2.79. The monoisotopic (exact) mass is 242 g/mol. The Morgan fingerprint density at radius 1 is 1.35 bits per heavy atom. The van der Waals surface area contributed by atoms with Crippen molar-refractivity contribution in [3.05, 3.63) is 0 Å². The number of hydrogen-bond acceptors (Lipinski definition) is 3. The van der Waals surface area contributed by atoms with E-state index < -0.39 is 11.5 Å². The molecule has 5 nitrogen and oxygen atoms in total. The van der Waals surface area contributed by atoms with Gasteiger partial charge in [0.15, 0.2) is 0 Å². The molecule has 0 radical (unpaired) electrons. The van der Waals surface area contributed by atoms with E-state index in [1.54, 1.807) is 11.8 Å². The fraction of sp³-hybridized carbons (Fsp3) is 0.833.